The van der Waals surface area contributed by atoms with Crippen molar-refractivity contribution in [1.82, 2.24) is 0 Å². The third-order valence-corrected chi connectivity index (χ3v) is 3.88. The van der Waals surface area contributed by atoms with E-state index in [1.54, 1.807) is 36.0 Å². The van der Waals surface area contributed by atoms with Crippen LogP contribution in [0.5, 0.6) is 0 Å². The highest BCUT2D eigenvalue weighted by molar-refractivity contribution is 8.00. The maximum Gasteiger partial charge on any atom is 0.237 e. The first kappa shape index (κ1) is 15.5. The normalized spacial score (nSPS) is 11.7. The van der Waals surface area contributed by atoms with Crippen LogP contribution in [-0.2, 0) is 4.79 Å². The van der Waals surface area contributed by atoms with Crippen molar-refractivity contribution in [2.45, 2.75) is 26.0 Å². The summed E-state index contributed by atoms with van der Waals surface area (Å²) in [4.78, 5) is 23.1. The quantitative estimate of drug-likeness (QED) is 0.639. The zero-order valence-corrected chi connectivity index (χ0v) is 12.3. The van der Waals surface area contributed by atoms with Crippen LogP contribution in [0, 0.1) is 0 Å². The molecule has 0 saturated heterocycles. The van der Waals surface area contributed by atoms with E-state index in [2.05, 4.69) is 11.9 Å². The van der Waals surface area contributed by atoms with Crippen LogP contribution in [0.4, 0.5) is 5.69 Å². The molecule has 1 rings (SSSR count). The van der Waals surface area contributed by atoms with Crippen LogP contribution in [0.1, 0.15) is 31.1 Å². The summed E-state index contributed by atoms with van der Waals surface area (Å²) in [6, 6.07) is 6.91. The molecule has 1 N–H and O–H groups in total. The van der Waals surface area contributed by atoms with Gasteiger partial charge in [0.1, 0.15) is 0 Å². The number of ketones is 1. The second kappa shape index (κ2) is 7.14. The first-order chi connectivity index (χ1) is 8.90. The third-order valence-electron chi connectivity index (χ3n) is 2.51. The van der Waals surface area contributed by atoms with Crippen LogP contribution in [0.2, 0.25) is 0 Å². The Balaban J connectivity index is 2.56. The summed E-state index contributed by atoms with van der Waals surface area (Å²) in [6.45, 7) is 9.14. The molecule has 0 fully saturated rings. The summed E-state index contributed by atoms with van der Waals surface area (Å²) in [5, 5.41) is 2.70. The number of carbonyl (C=O) groups is 2. The van der Waals surface area contributed by atoms with E-state index in [1.165, 1.54) is 6.92 Å². The minimum Gasteiger partial charge on any atom is -0.325 e. The van der Waals surface area contributed by atoms with Gasteiger partial charge >= 0.3 is 0 Å². The van der Waals surface area contributed by atoms with E-state index in [1.807, 2.05) is 13.8 Å². The summed E-state index contributed by atoms with van der Waals surface area (Å²) in [5.41, 5.74) is 2.40. The zero-order chi connectivity index (χ0) is 14.4. The Morgan fingerprint density at radius 2 is 1.84 bits per heavy atom. The summed E-state index contributed by atoms with van der Waals surface area (Å²) in [6.07, 6.45) is 0. The van der Waals surface area contributed by atoms with E-state index in [-0.39, 0.29) is 16.9 Å². The monoisotopic (exact) mass is 277 g/mol. The standard InChI is InChI=1S/C15H19NO2S/c1-10(2)9-19-12(4)15(18)16-14-7-5-13(6-8-14)11(3)17/h5-8,12H,1,9H2,2-4H3,(H,16,18)/t12-/m0/s1. The highest BCUT2D eigenvalue weighted by atomic mass is 32.2. The number of anilines is 1. The Bertz CT molecular complexity index is 479. The molecule has 4 heteroatoms. The van der Waals surface area contributed by atoms with Crippen LogP contribution in [0.25, 0.3) is 0 Å². The molecule has 0 aliphatic carbocycles. The fourth-order valence-electron chi connectivity index (χ4n) is 1.38. The lowest BCUT2D eigenvalue weighted by atomic mass is 10.1. The number of benzene rings is 1. The van der Waals surface area contributed by atoms with Gasteiger partial charge in [-0.25, -0.2) is 0 Å². The molecule has 1 aromatic rings. The van der Waals surface area contributed by atoms with Crippen molar-refractivity contribution in [2.75, 3.05) is 11.1 Å². The van der Waals surface area contributed by atoms with Gasteiger partial charge in [-0.1, -0.05) is 12.2 Å². The molecule has 0 aliphatic heterocycles. The molecule has 0 radical (unpaired) electrons. The van der Waals surface area contributed by atoms with Crippen molar-refractivity contribution in [1.29, 1.82) is 0 Å². The largest absolute Gasteiger partial charge is 0.325 e. The van der Waals surface area contributed by atoms with E-state index in [0.29, 0.717) is 11.3 Å². The Hall–Kier alpha value is -1.55. The molecule has 0 heterocycles. The van der Waals surface area contributed by atoms with Crippen molar-refractivity contribution in [3.63, 3.8) is 0 Å². The molecule has 0 bridgehead atoms. The van der Waals surface area contributed by atoms with E-state index in [4.69, 9.17) is 0 Å². The summed E-state index contributed by atoms with van der Waals surface area (Å²) in [7, 11) is 0. The maximum absolute atomic E-state index is 11.9. The van der Waals surface area contributed by atoms with Crippen LogP contribution in [0.15, 0.2) is 36.4 Å². The van der Waals surface area contributed by atoms with Gasteiger partial charge in [0.25, 0.3) is 0 Å². The Morgan fingerprint density at radius 1 is 1.26 bits per heavy atom. The zero-order valence-electron chi connectivity index (χ0n) is 11.5. The number of Topliss-reactive ketones (excluding diaryl/α,β-unsaturated/α-hetero) is 1. The average Bonchev–Trinajstić information content (AvgIpc) is 2.36. The molecule has 0 spiro atoms. The molecule has 1 atom stereocenters. The summed E-state index contributed by atoms with van der Waals surface area (Å²) in [5.74, 6) is 0.753. The fraction of sp³-hybridized carbons (Fsp3) is 0.333. The number of nitrogens with one attached hydrogen (secondary N) is 1. The highest BCUT2D eigenvalue weighted by Gasteiger charge is 2.13. The minimum absolute atomic E-state index is 0.0169. The predicted molar refractivity (Wildman–Crippen MR) is 81.8 cm³/mol. The van der Waals surface area contributed by atoms with Crippen LogP contribution < -0.4 is 5.32 Å². The van der Waals surface area contributed by atoms with Gasteiger partial charge in [0.2, 0.25) is 5.91 Å². The molecular formula is C15H19NO2S. The van der Waals surface area contributed by atoms with Gasteiger partial charge in [0.05, 0.1) is 5.25 Å². The number of carbonyl (C=O) groups excluding carboxylic acids is 2. The predicted octanol–water partition coefficient (Wildman–Crippen LogP) is 3.53. The van der Waals surface area contributed by atoms with Crippen molar-refractivity contribution >= 4 is 29.1 Å². The van der Waals surface area contributed by atoms with Gasteiger partial charge in [-0.05, 0) is 45.0 Å². The molecule has 0 aliphatic rings. The first-order valence-electron chi connectivity index (χ1n) is 6.08. The average molecular weight is 277 g/mol. The lowest BCUT2D eigenvalue weighted by Crippen LogP contribution is -2.22. The number of hydrogen-bond acceptors (Lipinski definition) is 3. The molecule has 19 heavy (non-hydrogen) atoms. The molecule has 0 aromatic heterocycles. The summed E-state index contributed by atoms with van der Waals surface area (Å²) >= 11 is 1.55. The van der Waals surface area contributed by atoms with Gasteiger partial charge in [-0.3, -0.25) is 9.59 Å². The fourth-order valence-corrected chi connectivity index (χ4v) is 2.12. The Morgan fingerprint density at radius 3 is 2.32 bits per heavy atom. The van der Waals surface area contributed by atoms with Crippen molar-refractivity contribution in [3.8, 4) is 0 Å². The van der Waals surface area contributed by atoms with E-state index in [9.17, 15) is 9.59 Å². The van der Waals surface area contributed by atoms with Crippen molar-refractivity contribution in [3.05, 3.63) is 42.0 Å². The molecule has 1 aromatic carbocycles. The molecule has 102 valence electrons. The maximum atomic E-state index is 11.9. The van der Waals surface area contributed by atoms with E-state index in [0.717, 1.165) is 11.3 Å². The Labute approximate surface area is 118 Å². The molecule has 0 saturated carbocycles. The van der Waals surface area contributed by atoms with Crippen molar-refractivity contribution in [2.24, 2.45) is 0 Å². The van der Waals surface area contributed by atoms with Crippen molar-refractivity contribution < 1.29 is 9.59 Å². The molecular weight excluding hydrogens is 258 g/mol. The number of thioether (sulfide) groups is 1. The topological polar surface area (TPSA) is 46.2 Å². The molecule has 1 amide bonds. The third kappa shape index (κ3) is 5.30. The van der Waals surface area contributed by atoms with Gasteiger partial charge < -0.3 is 5.32 Å². The minimum atomic E-state index is -0.135. The highest BCUT2D eigenvalue weighted by Crippen LogP contribution is 2.16. The number of hydrogen-bond donors (Lipinski definition) is 1. The second-order valence-electron chi connectivity index (χ2n) is 4.53. The molecule has 3 nitrogen and oxygen atoms in total. The number of rotatable bonds is 6. The summed E-state index contributed by atoms with van der Waals surface area (Å²) < 4.78 is 0. The van der Waals surface area contributed by atoms with Crippen LogP contribution in [-0.4, -0.2) is 22.7 Å². The lowest BCUT2D eigenvalue weighted by molar-refractivity contribution is -0.115. The van der Waals surface area contributed by atoms with Gasteiger partial charge in [-0.2, -0.15) is 0 Å². The van der Waals surface area contributed by atoms with Gasteiger partial charge in [-0.15, -0.1) is 11.8 Å². The first-order valence-corrected chi connectivity index (χ1v) is 7.13. The SMILES string of the molecule is C=C(C)CS[C@@H](C)C(=O)Nc1ccc(C(C)=O)cc1. The van der Waals surface area contributed by atoms with Gasteiger partial charge in [0, 0.05) is 17.0 Å². The Kier molecular flexibility index (Phi) is 5.83. The second-order valence-corrected chi connectivity index (χ2v) is 5.86. The lowest BCUT2D eigenvalue weighted by Gasteiger charge is -2.12. The van der Waals surface area contributed by atoms with E-state index >= 15 is 0 Å². The van der Waals surface area contributed by atoms with Crippen LogP contribution in [0.3, 0.4) is 0 Å². The molecule has 0 unspecified atom stereocenters. The van der Waals surface area contributed by atoms with Crippen LogP contribution >= 0.6 is 11.8 Å². The number of amides is 1. The van der Waals surface area contributed by atoms with E-state index < -0.39 is 0 Å². The van der Waals surface area contributed by atoms with Gasteiger partial charge in [0.15, 0.2) is 5.78 Å². The smallest absolute Gasteiger partial charge is 0.237 e.